The van der Waals surface area contributed by atoms with E-state index in [9.17, 15) is 48.6 Å². The van der Waals surface area contributed by atoms with Crippen LogP contribution in [0, 0.1) is 68.0 Å². The lowest BCUT2D eigenvalue weighted by Gasteiger charge is -2.59. The summed E-state index contributed by atoms with van der Waals surface area (Å²) >= 11 is 0. The van der Waals surface area contributed by atoms with Crippen molar-refractivity contribution >= 4 is 69.3 Å². The lowest BCUT2D eigenvalue weighted by Crippen LogP contribution is -2.61. The fraction of sp³-hybridized carbons (Fsp3) is 0.723. The fourth-order valence-electron chi connectivity index (χ4n) is 21.9. The Labute approximate surface area is 718 Å². The van der Waals surface area contributed by atoms with Crippen molar-refractivity contribution in [1.29, 1.82) is 0 Å². The number of aliphatic hydroxyl groups is 2. The molecule has 0 amide bonds. The molecule has 0 radical (unpaired) electrons. The number of carbonyl (C=O) groups is 8. The number of esters is 8. The third-order valence-corrected chi connectivity index (χ3v) is 31.4. The van der Waals surface area contributed by atoms with Crippen LogP contribution >= 0.6 is 0 Å². The van der Waals surface area contributed by atoms with E-state index < -0.39 is 79.3 Å². The normalized spacial score (nSPS) is 33.0. The Kier molecular flexibility index (Phi) is 26.3. The minimum atomic E-state index is -0.555. The van der Waals surface area contributed by atoms with E-state index in [-0.39, 0.29) is 95.2 Å². The fourth-order valence-corrected chi connectivity index (χ4v) is 21.9. The lowest BCUT2D eigenvalue weighted by atomic mass is 9.52. The molecule has 10 aliphatic carbocycles. The van der Waals surface area contributed by atoms with Gasteiger partial charge in [0.2, 0.25) is 0 Å². The molecule has 16 fully saturated rings. The summed E-state index contributed by atoms with van der Waals surface area (Å²) in [6.07, 6.45) is 24.2. The monoisotopic (exact) mass is 1680 g/mol. The minimum Gasteiger partial charge on any atom is -0.459 e. The van der Waals surface area contributed by atoms with E-state index in [1.807, 2.05) is 125 Å². The van der Waals surface area contributed by atoms with Crippen LogP contribution in [0.3, 0.4) is 0 Å². The molecule has 6 saturated heterocycles. The summed E-state index contributed by atoms with van der Waals surface area (Å²) in [5.41, 5.74) is -3.11. The molecule has 4 aromatic carbocycles. The number of hydrogen-bond acceptors (Lipinski definition) is 20. The number of fused-ring (bicyclic) bond motifs is 4. The van der Waals surface area contributed by atoms with Crippen molar-refractivity contribution in [2.45, 2.75) is 393 Å². The first-order chi connectivity index (χ1) is 56.8. The van der Waals surface area contributed by atoms with Crippen LogP contribution in [-0.4, -0.2) is 129 Å². The smallest absolute Gasteiger partial charge is 0.312 e. The number of carbonyl (C=O) groups excluding carboxylic acids is 8. The Morgan fingerprint density at radius 2 is 0.653 bits per heavy atom. The van der Waals surface area contributed by atoms with Gasteiger partial charge in [-0.05, 0) is 319 Å². The summed E-state index contributed by atoms with van der Waals surface area (Å²) in [6.45, 7) is 35.1. The molecule has 6 heterocycles. The van der Waals surface area contributed by atoms with Gasteiger partial charge in [0.1, 0.15) is 34.6 Å². The predicted octanol–water partition coefficient (Wildman–Crippen LogP) is 19.8. The second-order valence-electron chi connectivity index (χ2n) is 43.1. The van der Waals surface area contributed by atoms with Crippen LogP contribution < -0.4 is 0 Å². The molecule has 4 aromatic rings. The van der Waals surface area contributed by atoms with Crippen molar-refractivity contribution < 1.29 is 95.9 Å². The molecule has 20 rings (SSSR count). The first kappa shape index (κ1) is 91.7. The van der Waals surface area contributed by atoms with E-state index in [4.69, 9.17) is 47.4 Å². The van der Waals surface area contributed by atoms with Gasteiger partial charge < -0.3 is 57.6 Å². The number of hydrogen-bond donors (Lipinski definition) is 2. The summed E-state index contributed by atoms with van der Waals surface area (Å²) in [5, 5.41) is 26.2. The first-order valence-corrected chi connectivity index (χ1v) is 46.3. The van der Waals surface area contributed by atoms with Gasteiger partial charge in [0.25, 0.3) is 0 Å². The highest BCUT2D eigenvalue weighted by molar-refractivity contribution is 5.86. The Morgan fingerprint density at radius 3 is 0.959 bits per heavy atom. The van der Waals surface area contributed by atoms with Crippen molar-refractivity contribution in [3.05, 3.63) is 96.1 Å². The predicted molar refractivity (Wildman–Crippen MR) is 459 cm³/mol. The Balaban J connectivity index is 0.000000126. The topological polar surface area (TPSA) is 269 Å². The van der Waals surface area contributed by atoms with E-state index >= 15 is 0 Å². The van der Waals surface area contributed by atoms with Crippen molar-refractivity contribution in [3.63, 3.8) is 0 Å². The minimum absolute atomic E-state index is 0.0694. The van der Waals surface area contributed by atoms with Crippen molar-refractivity contribution in [1.82, 2.24) is 0 Å². The molecule has 10 saturated carbocycles. The molecule has 20 nitrogen and oxygen atoms in total. The maximum Gasteiger partial charge on any atom is 0.312 e. The molecule has 6 aliphatic heterocycles. The second-order valence-corrected chi connectivity index (χ2v) is 43.1. The molecule has 20 heteroatoms. The molecule has 12 bridgehead atoms. The quantitative estimate of drug-likeness (QED) is 0.0615. The van der Waals surface area contributed by atoms with Crippen molar-refractivity contribution in [3.8, 4) is 0 Å². The lowest BCUT2D eigenvalue weighted by molar-refractivity contribution is -0.226. The molecule has 121 heavy (non-hydrogen) atoms. The highest BCUT2D eigenvalue weighted by atomic mass is 16.7. The molecule has 0 aromatic heterocycles. The molecule has 0 spiro atoms. The standard InChI is InChI=1S/C22H28O2.C21H26O2.2C16H26O3.2C13H18O5/c1-4-21(2,3)20(23)24-22(14-8-5-9-15-22)19-13-12-17-10-6-7-11-18(17)16-19;1-4-20(2,3)19(22)23-21(13-7-8-14-21)18-12-11-16-9-5-6-10-17(16)15-18;2*1-4-14(2,3)13(17)19-16-8-11-5-12(9-16)7-15(18,6-11)10-16;2*1-4-13(2,3)12(15)18-9-7-5-6-8(16-7)10(9)17-11(6)14/h6-7,10-13,16H,4-5,8-9,14-15H2,1-3H3;5-6,9-12,15H,4,7-8,13-14H2,1-3H3;2*11-12,18H,4-10H2,1-3H3;2*6-10H,4-5H2,1-3H3. The van der Waals surface area contributed by atoms with E-state index in [2.05, 4.69) is 84.9 Å². The second kappa shape index (κ2) is 34.7. The maximum absolute atomic E-state index is 12.8. The summed E-state index contributed by atoms with van der Waals surface area (Å²) in [4.78, 5) is 97.4. The van der Waals surface area contributed by atoms with Gasteiger partial charge in [0.15, 0.2) is 24.4 Å². The van der Waals surface area contributed by atoms with E-state index in [0.29, 0.717) is 62.2 Å². The summed E-state index contributed by atoms with van der Waals surface area (Å²) < 4.78 is 57.3. The molecule has 2 N–H and O–H groups in total. The van der Waals surface area contributed by atoms with Gasteiger partial charge in [-0.25, -0.2) is 0 Å². The molecule has 16 aliphatic rings. The zero-order valence-electron chi connectivity index (χ0n) is 75.9. The Bertz CT molecular complexity index is 4270. The summed E-state index contributed by atoms with van der Waals surface area (Å²) in [5.74, 6) is 0.734. The van der Waals surface area contributed by atoms with Gasteiger partial charge in [-0.1, -0.05) is 121 Å². The largest absolute Gasteiger partial charge is 0.459 e. The van der Waals surface area contributed by atoms with Gasteiger partial charge in [-0.15, -0.1) is 0 Å². The summed E-state index contributed by atoms with van der Waals surface area (Å²) in [6, 6.07) is 29.7. The molecule has 666 valence electrons. The zero-order valence-corrected chi connectivity index (χ0v) is 75.9. The van der Waals surface area contributed by atoms with Gasteiger partial charge in [-0.2, -0.15) is 0 Å². The van der Waals surface area contributed by atoms with E-state index in [1.54, 1.807) is 0 Å². The summed E-state index contributed by atoms with van der Waals surface area (Å²) in [7, 11) is 0. The van der Waals surface area contributed by atoms with Crippen LogP contribution in [0.5, 0.6) is 0 Å². The molecular weight excluding hydrogens is 1530 g/mol. The molecule has 14 atom stereocenters. The van der Waals surface area contributed by atoms with Crippen molar-refractivity contribution in [2.24, 2.45) is 68.0 Å². The first-order valence-electron chi connectivity index (χ1n) is 46.3. The highest BCUT2D eigenvalue weighted by Gasteiger charge is 2.68. The molecular formula is C101H142O20. The number of ether oxygens (including phenoxy) is 10. The van der Waals surface area contributed by atoms with Gasteiger partial charge >= 0.3 is 47.8 Å². The van der Waals surface area contributed by atoms with Crippen LogP contribution in [0.2, 0.25) is 0 Å². The average Bonchev–Trinajstić information content (AvgIpc) is 1.47. The van der Waals surface area contributed by atoms with Crippen LogP contribution in [-0.2, 0) is 96.9 Å². The van der Waals surface area contributed by atoms with Gasteiger partial charge in [0.05, 0.1) is 67.7 Å². The van der Waals surface area contributed by atoms with Crippen molar-refractivity contribution in [2.75, 3.05) is 0 Å². The van der Waals surface area contributed by atoms with Gasteiger partial charge in [0, 0.05) is 12.8 Å². The highest BCUT2D eigenvalue weighted by Crippen LogP contribution is 2.62. The SMILES string of the molecule is CCC(C)(C)C(=O)OC1(c2ccc3ccccc3c2)CCCC1.CCC(C)(C)C(=O)OC1(c2ccc3ccccc3c2)CCCCC1.CCC(C)(C)C(=O)OC12CC3CC(CC(O)(C3)C1)C2.CCC(C)(C)C(=O)OC12CC3CC(CC(O)(C3)C1)C2.CCC(C)(C)C(=O)OC1C2CC3C(=O)OC1C3O2.CCC(C)(C)C(=O)OC1C2CC3C(=O)OC1C3O2. The molecule has 14 unspecified atom stereocenters. The average molecular weight is 1680 g/mol. The van der Waals surface area contributed by atoms with Crippen LogP contribution in [0.4, 0.5) is 0 Å². The Morgan fingerprint density at radius 1 is 0.364 bits per heavy atom. The Hall–Kier alpha value is -7.00. The third-order valence-electron chi connectivity index (χ3n) is 31.4. The number of rotatable bonds is 20. The van der Waals surface area contributed by atoms with Crippen LogP contribution in [0.15, 0.2) is 84.9 Å². The van der Waals surface area contributed by atoms with Crippen LogP contribution in [0.1, 0.15) is 322 Å². The maximum atomic E-state index is 12.8. The van der Waals surface area contributed by atoms with Gasteiger partial charge in [-0.3, -0.25) is 38.4 Å². The third kappa shape index (κ3) is 19.1. The van der Waals surface area contributed by atoms with E-state index in [1.165, 1.54) is 40.8 Å². The number of benzene rings is 4. The van der Waals surface area contributed by atoms with Crippen LogP contribution in [0.25, 0.3) is 21.5 Å². The zero-order chi connectivity index (χ0) is 87.6. The van der Waals surface area contributed by atoms with E-state index in [0.717, 1.165) is 140 Å².